The summed E-state index contributed by atoms with van der Waals surface area (Å²) in [6.07, 6.45) is 5.19. The van der Waals surface area contributed by atoms with Gasteiger partial charge in [-0.1, -0.05) is 19.0 Å². The highest BCUT2D eigenvalue weighted by molar-refractivity contribution is 5.30. The average molecular weight is 263 g/mol. The zero-order chi connectivity index (χ0) is 13.7. The molecule has 2 rings (SSSR count). The molecule has 0 aliphatic rings. The summed E-state index contributed by atoms with van der Waals surface area (Å²) >= 11 is 0. The summed E-state index contributed by atoms with van der Waals surface area (Å²) in [5.41, 5.74) is -0.107. The summed E-state index contributed by atoms with van der Waals surface area (Å²) < 4.78 is 6.29. The minimum Gasteiger partial charge on any atom is -0.365 e. The maximum atomic E-state index is 12.1. The maximum absolute atomic E-state index is 12.1. The Morgan fingerprint density at radius 2 is 2.26 bits per heavy atom. The second-order valence-electron chi connectivity index (χ2n) is 4.65. The van der Waals surface area contributed by atoms with Crippen LogP contribution >= 0.6 is 0 Å². The number of aromatic nitrogens is 4. The van der Waals surface area contributed by atoms with Crippen molar-refractivity contribution in [1.82, 2.24) is 19.7 Å². The number of nitrogens with one attached hydrogen (secondary N) is 1. The van der Waals surface area contributed by atoms with Gasteiger partial charge in [-0.05, 0) is 5.92 Å². The van der Waals surface area contributed by atoms with Crippen LogP contribution in [0.5, 0.6) is 0 Å². The van der Waals surface area contributed by atoms with Crippen LogP contribution in [-0.4, -0.2) is 26.2 Å². The summed E-state index contributed by atoms with van der Waals surface area (Å²) in [6.45, 7) is 5.35. The summed E-state index contributed by atoms with van der Waals surface area (Å²) in [7, 11) is 0. The van der Waals surface area contributed by atoms with Crippen molar-refractivity contribution < 1.29 is 4.52 Å². The van der Waals surface area contributed by atoms with Crippen LogP contribution < -0.4 is 10.9 Å². The van der Waals surface area contributed by atoms with E-state index >= 15 is 0 Å². The van der Waals surface area contributed by atoms with Gasteiger partial charge in [0.2, 0.25) is 6.39 Å². The third-order valence-corrected chi connectivity index (χ3v) is 2.52. The molecule has 1 N–H and O–H groups in total. The quantitative estimate of drug-likeness (QED) is 0.834. The molecule has 0 saturated carbocycles. The van der Waals surface area contributed by atoms with Crippen LogP contribution in [0.25, 0.3) is 0 Å². The van der Waals surface area contributed by atoms with Crippen molar-refractivity contribution in [1.29, 1.82) is 0 Å². The predicted octanol–water partition coefficient (Wildman–Crippen LogP) is 0.937. The van der Waals surface area contributed by atoms with E-state index in [2.05, 4.69) is 38.8 Å². The summed E-state index contributed by atoms with van der Waals surface area (Å²) in [5.74, 6) is 1.37. The van der Waals surface area contributed by atoms with Gasteiger partial charge in [0.05, 0.1) is 0 Å². The molecule has 0 aliphatic carbocycles. The first-order chi connectivity index (χ1) is 9.16. The smallest absolute Gasteiger partial charge is 0.293 e. The van der Waals surface area contributed by atoms with Crippen molar-refractivity contribution >= 4 is 5.82 Å². The van der Waals surface area contributed by atoms with Gasteiger partial charge >= 0.3 is 0 Å². The largest absolute Gasteiger partial charge is 0.365 e. The number of rotatable bonds is 6. The third-order valence-electron chi connectivity index (χ3n) is 2.52. The van der Waals surface area contributed by atoms with Gasteiger partial charge in [-0.3, -0.25) is 4.79 Å². The lowest BCUT2D eigenvalue weighted by Crippen LogP contribution is -2.26. The fraction of sp³-hybridized carbons (Fsp3) is 0.500. The molecule has 2 heterocycles. The van der Waals surface area contributed by atoms with E-state index in [9.17, 15) is 4.79 Å². The Morgan fingerprint density at radius 3 is 2.95 bits per heavy atom. The van der Waals surface area contributed by atoms with E-state index in [-0.39, 0.29) is 5.56 Å². The van der Waals surface area contributed by atoms with Crippen molar-refractivity contribution in [2.45, 2.75) is 26.8 Å². The van der Waals surface area contributed by atoms with Crippen molar-refractivity contribution in [3.63, 3.8) is 0 Å². The van der Waals surface area contributed by atoms with Gasteiger partial charge in [-0.15, -0.1) is 0 Å². The molecule has 0 fully saturated rings. The molecule has 0 bridgehead atoms. The van der Waals surface area contributed by atoms with E-state index in [0.29, 0.717) is 37.1 Å². The van der Waals surface area contributed by atoms with Gasteiger partial charge in [0, 0.05) is 31.9 Å². The first-order valence-corrected chi connectivity index (χ1v) is 6.21. The lowest BCUT2D eigenvalue weighted by molar-refractivity contribution is 0.410. The molecule has 0 amide bonds. The highest BCUT2D eigenvalue weighted by Gasteiger charge is 2.06. The Hall–Kier alpha value is -2.18. The topological polar surface area (TPSA) is 85.8 Å². The SMILES string of the molecule is CC(C)Cn1ccnc(NCCc2ncon2)c1=O. The standard InChI is InChI=1S/C12H17N5O2/c1-9(2)7-17-6-5-14-11(12(17)18)13-4-3-10-15-8-19-16-10/h5-6,8-9H,3-4,7H2,1-2H3,(H,13,14). The van der Waals surface area contributed by atoms with Gasteiger partial charge in [-0.25, -0.2) is 4.98 Å². The van der Waals surface area contributed by atoms with Crippen molar-refractivity contribution in [3.05, 3.63) is 35.0 Å². The fourth-order valence-corrected chi connectivity index (χ4v) is 1.70. The minimum absolute atomic E-state index is 0.107. The molecule has 19 heavy (non-hydrogen) atoms. The fourth-order valence-electron chi connectivity index (χ4n) is 1.70. The monoisotopic (exact) mass is 263 g/mol. The number of nitrogens with zero attached hydrogens (tertiary/aromatic N) is 4. The lowest BCUT2D eigenvalue weighted by atomic mass is 10.2. The molecule has 0 unspecified atom stereocenters. The van der Waals surface area contributed by atoms with Crippen molar-refractivity contribution in [2.75, 3.05) is 11.9 Å². The molecule has 0 spiro atoms. The molecule has 0 radical (unpaired) electrons. The summed E-state index contributed by atoms with van der Waals surface area (Å²) in [5, 5.41) is 6.70. The van der Waals surface area contributed by atoms with Gasteiger partial charge in [0.25, 0.3) is 5.56 Å². The Labute approximate surface area is 110 Å². The van der Waals surface area contributed by atoms with Gasteiger partial charge in [-0.2, -0.15) is 4.98 Å². The normalized spacial score (nSPS) is 10.9. The van der Waals surface area contributed by atoms with Gasteiger partial charge < -0.3 is 14.4 Å². The molecule has 0 aromatic carbocycles. The second-order valence-corrected chi connectivity index (χ2v) is 4.65. The van der Waals surface area contributed by atoms with E-state index in [0.717, 1.165) is 0 Å². The Kier molecular flexibility index (Phi) is 4.27. The average Bonchev–Trinajstić information content (AvgIpc) is 2.86. The zero-order valence-electron chi connectivity index (χ0n) is 11.0. The third kappa shape index (κ3) is 3.64. The number of hydrogen-bond donors (Lipinski definition) is 1. The molecule has 2 aromatic heterocycles. The summed E-state index contributed by atoms with van der Waals surface area (Å²) in [4.78, 5) is 20.0. The zero-order valence-corrected chi connectivity index (χ0v) is 11.0. The first kappa shape index (κ1) is 13.3. The van der Waals surface area contributed by atoms with E-state index in [1.165, 1.54) is 6.39 Å². The highest BCUT2D eigenvalue weighted by Crippen LogP contribution is 1.99. The molecule has 0 aliphatic heterocycles. The molecule has 0 saturated heterocycles. The van der Waals surface area contributed by atoms with Gasteiger partial charge in [0.1, 0.15) is 0 Å². The van der Waals surface area contributed by atoms with Crippen LogP contribution in [0.1, 0.15) is 19.7 Å². The van der Waals surface area contributed by atoms with Gasteiger partial charge in [0.15, 0.2) is 11.6 Å². The minimum atomic E-state index is -0.107. The second kappa shape index (κ2) is 6.12. The number of anilines is 1. The van der Waals surface area contributed by atoms with Crippen LogP contribution in [0.15, 0.2) is 28.1 Å². The lowest BCUT2D eigenvalue weighted by Gasteiger charge is -2.10. The van der Waals surface area contributed by atoms with Crippen LogP contribution in [0.4, 0.5) is 5.82 Å². The number of hydrogen-bond acceptors (Lipinski definition) is 6. The molecular weight excluding hydrogens is 246 g/mol. The van der Waals surface area contributed by atoms with Crippen LogP contribution in [-0.2, 0) is 13.0 Å². The molecule has 7 heteroatoms. The Morgan fingerprint density at radius 1 is 1.42 bits per heavy atom. The van der Waals surface area contributed by atoms with Crippen LogP contribution in [0, 0.1) is 5.92 Å². The molecular formula is C12H17N5O2. The molecule has 2 aromatic rings. The van der Waals surface area contributed by atoms with Crippen molar-refractivity contribution in [3.8, 4) is 0 Å². The van der Waals surface area contributed by atoms with Crippen molar-refractivity contribution in [2.24, 2.45) is 5.92 Å². The maximum Gasteiger partial charge on any atom is 0.293 e. The molecule has 7 nitrogen and oxygen atoms in total. The Balaban J connectivity index is 1.98. The van der Waals surface area contributed by atoms with E-state index in [4.69, 9.17) is 0 Å². The summed E-state index contributed by atoms with van der Waals surface area (Å²) in [6, 6.07) is 0. The highest BCUT2D eigenvalue weighted by atomic mass is 16.5. The molecule has 102 valence electrons. The van der Waals surface area contributed by atoms with Crippen LogP contribution in [0.2, 0.25) is 0 Å². The Bertz CT molecular complexity index is 562. The first-order valence-electron chi connectivity index (χ1n) is 6.21. The predicted molar refractivity (Wildman–Crippen MR) is 69.8 cm³/mol. The van der Waals surface area contributed by atoms with Crippen LogP contribution in [0.3, 0.4) is 0 Å². The van der Waals surface area contributed by atoms with E-state index < -0.39 is 0 Å². The van der Waals surface area contributed by atoms with E-state index in [1.807, 2.05) is 0 Å². The molecule has 0 atom stereocenters. The van der Waals surface area contributed by atoms with E-state index in [1.54, 1.807) is 17.0 Å².